The summed E-state index contributed by atoms with van der Waals surface area (Å²) in [5.74, 6) is -1.11. The summed E-state index contributed by atoms with van der Waals surface area (Å²) in [6.07, 6.45) is -3.57. The van der Waals surface area contributed by atoms with Crippen molar-refractivity contribution in [3.8, 4) is 0 Å². The van der Waals surface area contributed by atoms with Gasteiger partial charge >= 0.3 is 12.1 Å². The van der Waals surface area contributed by atoms with Crippen molar-refractivity contribution in [3.63, 3.8) is 0 Å². The summed E-state index contributed by atoms with van der Waals surface area (Å²) in [5.41, 5.74) is -0.594. The lowest BCUT2D eigenvalue weighted by Gasteiger charge is -2.04. The van der Waals surface area contributed by atoms with E-state index in [0.717, 1.165) is 10.9 Å². The summed E-state index contributed by atoms with van der Waals surface area (Å²) in [7, 11) is 0. The Bertz CT molecular complexity index is 652. The number of carboxylic acid groups (broad SMARTS) is 1. The highest BCUT2D eigenvalue weighted by Gasteiger charge is 2.36. The maximum Gasteiger partial charge on any atom is 0.436 e. The lowest BCUT2D eigenvalue weighted by Crippen LogP contribution is -2.09. The molecule has 106 valence electrons. The van der Waals surface area contributed by atoms with Crippen molar-refractivity contribution in [2.75, 3.05) is 0 Å². The summed E-state index contributed by atoms with van der Waals surface area (Å²) < 4.78 is 38.6. The SMILES string of the molecule is O=C(O)c1cccc(Cn2cc(Cl)c(C(F)(F)F)n2)c1. The van der Waals surface area contributed by atoms with Crippen LogP contribution in [0.5, 0.6) is 0 Å². The Kier molecular flexibility index (Phi) is 3.71. The fraction of sp³-hybridized carbons (Fsp3) is 0.167. The fourth-order valence-electron chi connectivity index (χ4n) is 1.66. The van der Waals surface area contributed by atoms with Crippen LogP contribution in [0.25, 0.3) is 0 Å². The van der Waals surface area contributed by atoms with E-state index < -0.39 is 22.9 Å². The molecule has 0 aliphatic carbocycles. The average molecular weight is 305 g/mol. The number of aromatic nitrogens is 2. The Labute approximate surface area is 116 Å². The molecular formula is C12H8ClF3N2O2. The molecule has 0 aliphatic heterocycles. The van der Waals surface area contributed by atoms with Gasteiger partial charge in [0.15, 0.2) is 5.69 Å². The zero-order valence-electron chi connectivity index (χ0n) is 9.86. The van der Waals surface area contributed by atoms with Crippen LogP contribution in [0.2, 0.25) is 5.02 Å². The van der Waals surface area contributed by atoms with Gasteiger partial charge in [0, 0.05) is 6.20 Å². The van der Waals surface area contributed by atoms with E-state index >= 15 is 0 Å². The van der Waals surface area contributed by atoms with Crippen molar-refractivity contribution >= 4 is 17.6 Å². The highest BCUT2D eigenvalue weighted by Crippen LogP contribution is 2.33. The lowest BCUT2D eigenvalue weighted by atomic mass is 10.1. The van der Waals surface area contributed by atoms with Crippen molar-refractivity contribution in [2.45, 2.75) is 12.7 Å². The molecule has 0 atom stereocenters. The third-order valence-electron chi connectivity index (χ3n) is 2.50. The number of hydrogen-bond donors (Lipinski definition) is 1. The molecule has 0 unspecified atom stereocenters. The topological polar surface area (TPSA) is 55.1 Å². The van der Waals surface area contributed by atoms with Crippen LogP contribution in [0.15, 0.2) is 30.5 Å². The Morgan fingerprint density at radius 1 is 1.40 bits per heavy atom. The molecule has 1 heterocycles. The van der Waals surface area contributed by atoms with Gasteiger partial charge in [-0.2, -0.15) is 18.3 Å². The van der Waals surface area contributed by atoms with Crippen molar-refractivity contribution in [2.24, 2.45) is 0 Å². The van der Waals surface area contributed by atoms with Crippen LogP contribution in [-0.4, -0.2) is 20.9 Å². The van der Waals surface area contributed by atoms with Gasteiger partial charge in [0.05, 0.1) is 17.1 Å². The minimum absolute atomic E-state index is 0.00306. The Balaban J connectivity index is 2.27. The number of hydrogen-bond acceptors (Lipinski definition) is 2. The smallest absolute Gasteiger partial charge is 0.436 e. The predicted molar refractivity (Wildman–Crippen MR) is 64.7 cm³/mol. The monoisotopic (exact) mass is 304 g/mol. The maximum atomic E-state index is 12.5. The molecule has 0 saturated heterocycles. The summed E-state index contributed by atoms with van der Waals surface area (Å²) in [6.45, 7) is -0.00306. The minimum Gasteiger partial charge on any atom is -0.478 e. The highest BCUT2D eigenvalue weighted by molar-refractivity contribution is 6.31. The number of rotatable bonds is 3. The molecule has 2 aromatic rings. The van der Waals surface area contributed by atoms with Crippen LogP contribution in [0.3, 0.4) is 0 Å². The molecule has 1 aromatic carbocycles. The number of aromatic carboxylic acids is 1. The standard InChI is InChI=1S/C12H8ClF3N2O2/c13-9-6-18(17-10(9)12(14,15)16)5-7-2-1-3-8(4-7)11(19)20/h1-4,6H,5H2,(H,19,20). The van der Waals surface area contributed by atoms with Crippen LogP contribution in [0, 0.1) is 0 Å². The summed E-state index contributed by atoms with van der Waals surface area (Å²) >= 11 is 5.48. The lowest BCUT2D eigenvalue weighted by molar-refractivity contribution is -0.141. The van der Waals surface area contributed by atoms with Gasteiger partial charge in [-0.25, -0.2) is 4.79 Å². The predicted octanol–water partition coefficient (Wildman–Crippen LogP) is 3.30. The van der Waals surface area contributed by atoms with E-state index in [0.29, 0.717) is 5.56 Å². The first-order valence-corrected chi connectivity index (χ1v) is 5.77. The molecule has 0 spiro atoms. The van der Waals surface area contributed by atoms with E-state index in [1.54, 1.807) is 6.07 Å². The zero-order chi connectivity index (χ0) is 14.9. The summed E-state index contributed by atoms with van der Waals surface area (Å²) in [4.78, 5) is 10.8. The Morgan fingerprint density at radius 2 is 2.10 bits per heavy atom. The second kappa shape index (κ2) is 5.16. The van der Waals surface area contributed by atoms with Crippen LogP contribution < -0.4 is 0 Å². The van der Waals surface area contributed by atoms with Crippen LogP contribution in [-0.2, 0) is 12.7 Å². The van der Waals surface area contributed by atoms with Crippen molar-refractivity contribution < 1.29 is 23.1 Å². The van der Waals surface area contributed by atoms with Gasteiger partial charge in [0.25, 0.3) is 0 Å². The number of alkyl halides is 3. The number of nitrogens with zero attached hydrogens (tertiary/aromatic N) is 2. The quantitative estimate of drug-likeness (QED) is 0.946. The van der Waals surface area contributed by atoms with E-state index in [2.05, 4.69) is 5.10 Å². The molecule has 0 fully saturated rings. The number of benzene rings is 1. The first-order chi connectivity index (χ1) is 9.27. The molecule has 0 saturated carbocycles. The van der Waals surface area contributed by atoms with Gasteiger partial charge in [-0.1, -0.05) is 23.7 Å². The molecule has 8 heteroatoms. The highest BCUT2D eigenvalue weighted by atomic mass is 35.5. The van der Waals surface area contributed by atoms with Crippen LogP contribution in [0.1, 0.15) is 21.6 Å². The molecule has 0 bridgehead atoms. The molecular weight excluding hydrogens is 297 g/mol. The first-order valence-electron chi connectivity index (χ1n) is 5.40. The second-order valence-corrected chi connectivity index (χ2v) is 4.43. The molecule has 0 aliphatic rings. The minimum atomic E-state index is -4.62. The van der Waals surface area contributed by atoms with Gasteiger partial charge in [0.2, 0.25) is 0 Å². The molecule has 1 N–H and O–H groups in total. The number of halogens is 4. The summed E-state index contributed by atoms with van der Waals surface area (Å²) in [6, 6.07) is 5.86. The van der Waals surface area contributed by atoms with Gasteiger partial charge in [-0.05, 0) is 17.7 Å². The van der Waals surface area contributed by atoms with Crippen LogP contribution >= 0.6 is 11.6 Å². The summed E-state index contributed by atoms with van der Waals surface area (Å²) in [5, 5.41) is 11.7. The van der Waals surface area contributed by atoms with Crippen molar-refractivity contribution in [1.82, 2.24) is 9.78 Å². The van der Waals surface area contributed by atoms with E-state index in [-0.39, 0.29) is 12.1 Å². The molecule has 2 rings (SSSR count). The van der Waals surface area contributed by atoms with Gasteiger partial charge in [-0.3, -0.25) is 4.68 Å². The molecule has 20 heavy (non-hydrogen) atoms. The van der Waals surface area contributed by atoms with Gasteiger partial charge in [-0.15, -0.1) is 0 Å². The van der Waals surface area contributed by atoms with E-state index in [1.165, 1.54) is 18.2 Å². The van der Waals surface area contributed by atoms with E-state index in [4.69, 9.17) is 16.7 Å². The number of carboxylic acids is 1. The largest absolute Gasteiger partial charge is 0.478 e. The van der Waals surface area contributed by atoms with E-state index in [1.807, 2.05) is 0 Å². The average Bonchev–Trinajstić information content (AvgIpc) is 2.70. The Morgan fingerprint density at radius 3 is 2.65 bits per heavy atom. The van der Waals surface area contributed by atoms with Gasteiger partial charge in [0.1, 0.15) is 0 Å². The fourth-order valence-corrected chi connectivity index (χ4v) is 1.92. The maximum absolute atomic E-state index is 12.5. The second-order valence-electron chi connectivity index (χ2n) is 4.03. The third kappa shape index (κ3) is 3.11. The normalized spacial score (nSPS) is 11.6. The molecule has 4 nitrogen and oxygen atoms in total. The third-order valence-corrected chi connectivity index (χ3v) is 2.78. The van der Waals surface area contributed by atoms with Crippen molar-refractivity contribution in [1.29, 1.82) is 0 Å². The van der Waals surface area contributed by atoms with Crippen LogP contribution in [0.4, 0.5) is 13.2 Å². The number of carbonyl (C=O) groups is 1. The molecule has 0 radical (unpaired) electrons. The Hall–Kier alpha value is -2.02. The molecule has 1 aromatic heterocycles. The zero-order valence-corrected chi connectivity index (χ0v) is 10.6. The molecule has 0 amide bonds. The first kappa shape index (κ1) is 14.4. The van der Waals surface area contributed by atoms with E-state index in [9.17, 15) is 18.0 Å². The van der Waals surface area contributed by atoms with Gasteiger partial charge < -0.3 is 5.11 Å². The van der Waals surface area contributed by atoms with Crippen molar-refractivity contribution in [3.05, 3.63) is 52.3 Å².